The first-order chi connectivity index (χ1) is 14.0. The largest absolute Gasteiger partial charge is 0.491 e. The minimum absolute atomic E-state index is 0.0262. The van der Waals surface area contributed by atoms with Crippen molar-refractivity contribution in [1.29, 1.82) is 0 Å². The number of benzene rings is 1. The molecule has 1 aromatic heterocycles. The topological polar surface area (TPSA) is 104 Å². The highest BCUT2D eigenvalue weighted by molar-refractivity contribution is 5.89. The van der Waals surface area contributed by atoms with Crippen LogP contribution >= 0.6 is 0 Å². The highest BCUT2D eigenvalue weighted by atomic mass is 16.5. The van der Waals surface area contributed by atoms with Gasteiger partial charge in [0.05, 0.1) is 30.1 Å². The van der Waals surface area contributed by atoms with Crippen molar-refractivity contribution in [2.75, 3.05) is 6.54 Å². The number of rotatable bonds is 8. The predicted molar refractivity (Wildman–Crippen MR) is 115 cm³/mol. The number of carbonyl (C=O) groups is 1. The van der Waals surface area contributed by atoms with Gasteiger partial charge in [-0.25, -0.2) is 0 Å². The van der Waals surface area contributed by atoms with Crippen molar-refractivity contribution in [2.45, 2.75) is 40.0 Å². The summed E-state index contributed by atoms with van der Waals surface area (Å²) in [5, 5.41) is 15.9. The Morgan fingerprint density at radius 1 is 1.41 bits per heavy atom. The summed E-state index contributed by atoms with van der Waals surface area (Å²) in [4.78, 5) is 15.6. The lowest BCUT2D eigenvalue weighted by molar-refractivity contribution is -0.116. The van der Waals surface area contributed by atoms with Gasteiger partial charge in [0.25, 0.3) is 0 Å². The Labute approximate surface area is 169 Å². The van der Waals surface area contributed by atoms with Gasteiger partial charge in [0.1, 0.15) is 5.75 Å². The molecule has 29 heavy (non-hydrogen) atoms. The molecule has 152 valence electrons. The second kappa shape index (κ2) is 9.18. The van der Waals surface area contributed by atoms with Crippen LogP contribution in [0.2, 0.25) is 0 Å². The number of fused-ring (bicyclic) bond motifs is 1. The van der Waals surface area contributed by atoms with Crippen LogP contribution in [0.4, 0.5) is 0 Å². The molecule has 2 heterocycles. The summed E-state index contributed by atoms with van der Waals surface area (Å²) < 4.78 is 5.81. The zero-order valence-electron chi connectivity index (χ0n) is 17.1. The van der Waals surface area contributed by atoms with E-state index in [1.54, 1.807) is 12.4 Å². The maximum absolute atomic E-state index is 11.0. The molecule has 0 fully saturated rings. The second-order valence-electron chi connectivity index (χ2n) is 6.95. The molecule has 3 rings (SSSR count). The third-order valence-corrected chi connectivity index (χ3v) is 4.21. The number of aromatic nitrogens is 2. The lowest BCUT2D eigenvalue weighted by atomic mass is 10.1. The van der Waals surface area contributed by atoms with Crippen molar-refractivity contribution >= 4 is 29.1 Å². The van der Waals surface area contributed by atoms with Crippen LogP contribution in [0.5, 0.6) is 5.75 Å². The van der Waals surface area contributed by atoms with E-state index >= 15 is 0 Å². The summed E-state index contributed by atoms with van der Waals surface area (Å²) >= 11 is 0. The zero-order chi connectivity index (χ0) is 20.8. The molecular weight excluding hydrogens is 368 g/mol. The van der Waals surface area contributed by atoms with Gasteiger partial charge in [-0.1, -0.05) is 6.08 Å². The highest BCUT2D eigenvalue weighted by Gasteiger charge is 2.20. The molecule has 8 heteroatoms. The SMILES string of the molecule is C/C=C(/C=N\NCC(C)=O)C1=CC=NC(c2[nH]nc3ccc(OC(C)C)cc23)N1. The number of nitrogens with one attached hydrogen (secondary N) is 3. The Bertz CT molecular complexity index is 1000. The van der Waals surface area contributed by atoms with Crippen LogP contribution in [0.15, 0.2) is 51.7 Å². The van der Waals surface area contributed by atoms with Crippen LogP contribution in [0, 0.1) is 0 Å². The summed E-state index contributed by atoms with van der Waals surface area (Å²) in [6.45, 7) is 7.63. The number of hydrogen-bond acceptors (Lipinski definition) is 7. The molecule has 1 atom stereocenters. The quantitative estimate of drug-likeness (QED) is 0.472. The average Bonchev–Trinajstić information content (AvgIpc) is 3.11. The van der Waals surface area contributed by atoms with Crippen molar-refractivity contribution in [3.63, 3.8) is 0 Å². The lowest BCUT2D eigenvalue weighted by Gasteiger charge is -2.21. The zero-order valence-corrected chi connectivity index (χ0v) is 17.1. The second-order valence-corrected chi connectivity index (χ2v) is 6.95. The van der Waals surface area contributed by atoms with Gasteiger partial charge in [-0.15, -0.1) is 0 Å². The molecule has 0 aliphatic carbocycles. The van der Waals surface area contributed by atoms with Crippen molar-refractivity contribution in [3.8, 4) is 5.75 Å². The molecule has 8 nitrogen and oxygen atoms in total. The van der Waals surface area contributed by atoms with Gasteiger partial charge in [-0.3, -0.25) is 14.9 Å². The number of carbonyl (C=O) groups excluding carboxylic acids is 1. The van der Waals surface area contributed by atoms with Gasteiger partial charge in [0.2, 0.25) is 0 Å². The molecule has 0 radical (unpaired) electrons. The van der Waals surface area contributed by atoms with Crippen molar-refractivity contribution in [3.05, 3.63) is 47.3 Å². The predicted octanol–water partition coefficient (Wildman–Crippen LogP) is 3.02. The van der Waals surface area contributed by atoms with E-state index < -0.39 is 0 Å². The first kappa shape index (κ1) is 20.3. The number of aliphatic imine (C=N–C) groups is 1. The van der Waals surface area contributed by atoms with Crippen molar-refractivity contribution in [1.82, 2.24) is 20.9 Å². The van der Waals surface area contributed by atoms with E-state index in [0.717, 1.165) is 33.6 Å². The number of hydrogen-bond donors (Lipinski definition) is 3. The van der Waals surface area contributed by atoms with E-state index in [1.165, 1.54) is 6.92 Å². The van der Waals surface area contributed by atoms with Crippen LogP contribution in [-0.4, -0.2) is 41.1 Å². The molecule has 0 saturated heterocycles. The molecule has 3 N–H and O–H groups in total. The molecule has 0 spiro atoms. The van der Waals surface area contributed by atoms with Gasteiger partial charge in [-0.05, 0) is 52.0 Å². The fourth-order valence-electron chi connectivity index (χ4n) is 2.90. The Morgan fingerprint density at radius 2 is 2.24 bits per heavy atom. The number of H-pyrrole nitrogens is 1. The summed E-state index contributed by atoms with van der Waals surface area (Å²) in [6, 6.07) is 5.83. The van der Waals surface area contributed by atoms with E-state index in [4.69, 9.17) is 4.74 Å². The maximum atomic E-state index is 11.0. The molecular formula is C21H26N6O2. The van der Waals surface area contributed by atoms with Crippen molar-refractivity contribution < 1.29 is 9.53 Å². The number of ether oxygens (including phenoxy) is 1. The third kappa shape index (κ3) is 5.10. The molecule has 1 unspecified atom stereocenters. The lowest BCUT2D eigenvalue weighted by Crippen LogP contribution is -2.25. The van der Waals surface area contributed by atoms with E-state index in [9.17, 15) is 4.79 Å². The van der Waals surface area contributed by atoms with Gasteiger partial charge < -0.3 is 15.5 Å². The fourth-order valence-corrected chi connectivity index (χ4v) is 2.90. The molecule has 1 aliphatic heterocycles. The number of Topliss-reactive ketones (excluding diaryl/α,β-unsaturated/α-hetero) is 1. The standard InChI is InChI=1S/C21H26N6O2/c1-5-15(12-24-23-11-14(4)28)18-8-9-22-21(25-18)20-17-10-16(29-13(2)3)6-7-19(17)26-27-20/h5-10,12-13,21,23,25H,11H2,1-4H3,(H,26,27)/b15-5-,24-12-. The van der Waals surface area contributed by atoms with Gasteiger partial charge in [0.15, 0.2) is 11.9 Å². The minimum Gasteiger partial charge on any atom is -0.491 e. The molecule has 0 amide bonds. The summed E-state index contributed by atoms with van der Waals surface area (Å²) in [5.41, 5.74) is 6.20. The minimum atomic E-state index is -0.317. The monoisotopic (exact) mass is 394 g/mol. The summed E-state index contributed by atoms with van der Waals surface area (Å²) in [7, 11) is 0. The Kier molecular flexibility index (Phi) is 6.43. The van der Waals surface area contributed by atoms with Crippen LogP contribution < -0.4 is 15.5 Å². The van der Waals surface area contributed by atoms with E-state index in [0.29, 0.717) is 0 Å². The van der Waals surface area contributed by atoms with E-state index in [2.05, 4.69) is 31.0 Å². The van der Waals surface area contributed by atoms with E-state index in [1.807, 2.05) is 51.1 Å². The fraction of sp³-hybridized carbons (Fsp3) is 0.333. The Morgan fingerprint density at radius 3 is 2.97 bits per heavy atom. The van der Waals surface area contributed by atoms with Crippen molar-refractivity contribution in [2.24, 2.45) is 10.1 Å². The van der Waals surface area contributed by atoms with Crippen LogP contribution in [0.1, 0.15) is 39.6 Å². The summed E-state index contributed by atoms with van der Waals surface area (Å²) in [6.07, 6.45) is 7.04. The Balaban J connectivity index is 1.79. The Hall–Kier alpha value is -3.42. The van der Waals surface area contributed by atoms with Crippen LogP contribution in [0.25, 0.3) is 10.9 Å². The van der Waals surface area contributed by atoms with E-state index in [-0.39, 0.29) is 24.6 Å². The number of nitrogens with zero attached hydrogens (tertiary/aromatic N) is 3. The maximum Gasteiger partial charge on any atom is 0.161 e. The first-order valence-electron chi connectivity index (χ1n) is 9.54. The summed E-state index contributed by atoms with van der Waals surface area (Å²) in [5.74, 6) is 0.821. The number of hydrazone groups is 1. The smallest absolute Gasteiger partial charge is 0.161 e. The third-order valence-electron chi connectivity index (χ3n) is 4.21. The van der Waals surface area contributed by atoms with Gasteiger partial charge in [-0.2, -0.15) is 10.2 Å². The number of aromatic amines is 1. The number of allylic oxidation sites excluding steroid dienone is 3. The van der Waals surface area contributed by atoms with Gasteiger partial charge in [0, 0.05) is 22.9 Å². The molecule has 0 saturated carbocycles. The van der Waals surface area contributed by atoms with Crippen LogP contribution in [-0.2, 0) is 4.79 Å². The molecule has 1 aliphatic rings. The average molecular weight is 394 g/mol. The normalized spacial score (nSPS) is 16.9. The molecule has 1 aromatic carbocycles. The molecule has 2 aromatic rings. The van der Waals surface area contributed by atoms with Crippen LogP contribution in [0.3, 0.4) is 0 Å². The highest BCUT2D eigenvalue weighted by Crippen LogP contribution is 2.29. The first-order valence-corrected chi connectivity index (χ1v) is 9.54. The number of ketones is 1. The van der Waals surface area contributed by atoms with Gasteiger partial charge >= 0.3 is 0 Å². The molecule has 0 bridgehead atoms.